The van der Waals surface area contributed by atoms with E-state index in [2.05, 4.69) is 17.6 Å². The summed E-state index contributed by atoms with van der Waals surface area (Å²) in [5.74, 6) is 0. The number of nitrogens with one attached hydrogen (secondary N) is 2. The van der Waals surface area contributed by atoms with Crippen LogP contribution < -0.4 is 10.6 Å². The predicted molar refractivity (Wildman–Crippen MR) is 59.6 cm³/mol. The van der Waals surface area contributed by atoms with Gasteiger partial charge >= 0.3 is 0 Å². The van der Waals surface area contributed by atoms with Gasteiger partial charge in [-0.3, -0.25) is 0 Å². The molecule has 1 saturated carbocycles. The van der Waals surface area contributed by atoms with E-state index in [0.717, 1.165) is 25.7 Å². The molecule has 0 radical (unpaired) electrons. The summed E-state index contributed by atoms with van der Waals surface area (Å²) >= 11 is 0. The van der Waals surface area contributed by atoms with Crippen molar-refractivity contribution >= 4 is 0 Å². The van der Waals surface area contributed by atoms with Gasteiger partial charge in [0, 0.05) is 12.6 Å². The molecule has 84 valence electrons. The Morgan fingerprint density at radius 1 is 1.21 bits per heavy atom. The minimum atomic E-state index is 0.537. The van der Waals surface area contributed by atoms with Crippen LogP contribution in [0.3, 0.4) is 0 Å². The summed E-state index contributed by atoms with van der Waals surface area (Å²) in [7, 11) is 2.01. The third-order valence-corrected chi connectivity index (χ3v) is 2.78. The Balaban J connectivity index is 1.81. The summed E-state index contributed by atoms with van der Waals surface area (Å²) in [5, 5.41) is 6.72. The third kappa shape index (κ3) is 4.40. The lowest BCUT2D eigenvalue weighted by Crippen LogP contribution is -2.45. The second-order valence-corrected chi connectivity index (χ2v) is 4.01. The van der Waals surface area contributed by atoms with Crippen LogP contribution in [-0.2, 0) is 4.74 Å². The SMILES string of the molecule is CCOC1CC(NCCCCNC)C1. The smallest absolute Gasteiger partial charge is 0.0604 e. The summed E-state index contributed by atoms with van der Waals surface area (Å²) in [6, 6.07) is 0.723. The largest absolute Gasteiger partial charge is 0.378 e. The molecule has 3 heteroatoms. The molecule has 14 heavy (non-hydrogen) atoms. The Morgan fingerprint density at radius 3 is 2.57 bits per heavy atom. The lowest BCUT2D eigenvalue weighted by molar-refractivity contribution is -0.00974. The second kappa shape index (κ2) is 7.21. The van der Waals surface area contributed by atoms with Crippen LogP contribution in [0.1, 0.15) is 32.6 Å². The van der Waals surface area contributed by atoms with Gasteiger partial charge in [0.1, 0.15) is 0 Å². The fraction of sp³-hybridized carbons (Fsp3) is 1.00. The topological polar surface area (TPSA) is 33.3 Å². The summed E-state index contributed by atoms with van der Waals surface area (Å²) < 4.78 is 5.50. The second-order valence-electron chi connectivity index (χ2n) is 4.01. The van der Waals surface area contributed by atoms with Gasteiger partial charge in [-0.25, -0.2) is 0 Å². The quantitative estimate of drug-likeness (QED) is 0.577. The van der Waals surface area contributed by atoms with E-state index in [1.54, 1.807) is 0 Å². The molecule has 0 aromatic heterocycles. The third-order valence-electron chi connectivity index (χ3n) is 2.78. The van der Waals surface area contributed by atoms with Crippen LogP contribution in [0, 0.1) is 0 Å². The van der Waals surface area contributed by atoms with Gasteiger partial charge < -0.3 is 15.4 Å². The highest BCUT2D eigenvalue weighted by Gasteiger charge is 2.28. The molecular weight excluding hydrogens is 176 g/mol. The average Bonchev–Trinajstić information content (AvgIpc) is 2.13. The summed E-state index contributed by atoms with van der Waals surface area (Å²) in [6.45, 7) is 5.22. The van der Waals surface area contributed by atoms with E-state index < -0.39 is 0 Å². The van der Waals surface area contributed by atoms with Crippen LogP contribution in [0.4, 0.5) is 0 Å². The summed E-state index contributed by atoms with van der Waals surface area (Å²) in [6.07, 6.45) is 5.50. The lowest BCUT2D eigenvalue weighted by Gasteiger charge is -2.35. The molecular formula is C11H24N2O. The van der Waals surface area contributed by atoms with E-state index in [1.165, 1.54) is 25.7 Å². The zero-order valence-electron chi connectivity index (χ0n) is 9.51. The van der Waals surface area contributed by atoms with Gasteiger partial charge in [-0.05, 0) is 52.7 Å². The first-order chi connectivity index (χ1) is 6.86. The van der Waals surface area contributed by atoms with Crippen molar-refractivity contribution in [1.82, 2.24) is 10.6 Å². The normalized spacial score (nSPS) is 26.1. The number of ether oxygens (including phenoxy) is 1. The maximum absolute atomic E-state index is 5.50. The van der Waals surface area contributed by atoms with Crippen LogP contribution >= 0.6 is 0 Å². The van der Waals surface area contributed by atoms with Crippen molar-refractivity contribution in [2.75, 3.05) is 26.7 Å². The van der Waals surface area contributed by atoms with Crippen LogP contribution in [0.25, 0.3) is 0 Å². The molecule has 2 N–H and O–H groups in total. The van der Waals surface area contributed by atoms with Gasteiger partial charge in [0.2, 0.25) is 0 Å². The van der Waals surface area contributed by atoms with E-state index in [4.69, 9.17) is 4.74 Å². The van der Waals surface area contributed by atoms with Gasteiger partial charge in [-0.2, -0.15) is 0 Å². The van der Waals surface area contributed by atoms with Gasteiger partial charge in [0.15, 0.2) is 0 Å². The molecule has 1 fully saturated rings. The predicted octanol–water partition coefficient (Wildman–Crippen LogP) is 1.14. The number of rotatable bonds is 8. The highest BCUT2D eigenvalue weighted by atomic mass is 16.5. The van der Waals surface area contributed by atoms with Crippen molar-refractivity contribution in [2.24, 2.45) is 0 Å². The Hall–Kier alpha value is -0.120. The highest BCUT2D eigenvalue weighted by molar-refractivity contribution is 4.85. The van der Waals surface area contributed by atoms with Crippen molar-refractivity contribution in [2.45, 2.75) is 44.8 Å². The molecule has 1 rings (SSSR count). The fourth-order valence-electron chi connectivity index (χ4n) is 1.84. The number of hydrogen-bond acceptors (Lipinski definition) is 3. The molecule has 0 atom stereocenters. The highest BCUT2D eigenvalue weighted by Crippen LogP contribution is 2.22. The Kier molecular flexibility index (Phi) is 6.15. The molecule has 0 saturated heterocycles. The molecule has 0 unspecified atom stereocenters. The monoisotopic (exact) mass is 200 g/mol. The van der Waals surface area contributed by atoms with Crippen LogP contribution in [-0.4, -0.2) is 38.9 Å². The zero-order valence-corrected chi connectivity index (χ0v) is 9.51. The molecule has 3 nitrogen and oxygen atoms in total. The molecule has 0 amide bonds. The Bertz CT molecular complexity index is 135. The first-order valence-electron chi connectivity index (χ1n) is 5.86. The number of hydrogen-bond donors (Lipinski definition) is 2. The maximum Gasteiger partial charge on any atom is 0.0604 e. The first kappa shape index (κ1) is 12.0. The van der Waals surface area contributed by atoms with E-state index >= 15 is 0 Å². The van der Waals surface area contributed by atoms with Crippen molar-refractivity contribution in [1.29, 1.82) is 0 Å². The van der Waals surface area contributed by atoms with Crippen molar-refractivity contribution in [3.8, 4) is 0 Å². The molecule has 0 spiro atoms. The average molecular weight is 200 g/mol. The van der Waals surface area contributed by atoms with Gasteiger partial charge in [-0.1, -0.05) is 0 Å². The van der Waals surface area contributed by atoms with Crippen molar-refractivity contribution < 1.29 is 4.74 Å². The van der Waals surface area contributed by atoms with Crippen LogP contribution in [0.15, 0.2) is 0 Å². The van der Waals surface area contributed by atoms with E-state index in [1.807, 2.05) is 7.05 Å². The minimum absolute atomic E-state index is 0.537. The summed E-state index contributed by atoms with van der Waals surface area (Å²) in [5.41, 5.74) is 0. The molecule has 0 aromatic carbocycles. The van der Waals surface area contributed by atoms with Crippen molar-refractivity contribution in [3.05, 3.63) is 0 Å². The van der Waals surface area contributed by atoms with E-state index in [-0.39, 0.29) is 0 Å². The van der Waals surface area contributed by atoms with E-state index in [0.29, 0.717) is 6.10 Å². The number of unbranched alkanes of at least 4 members (excludes halogenated alkanes) is 1. The maximum atomic E-state index is 5.50. The van der Waals surface area contributed by atoms with Gasteiger partial charge in [-0.15, -0.1) is 0 Å². The van der Waals surface area contributed by atoms with Gasteiger partial charge in [0.25, 0.3) is 0 Å². The van der Waals surface area contributed by atoms with Gasteiger partial charge in [0.05, 0.1) is 6.10 Å². The lowest BCUT2D eigenvalue weighted by atomic mass is 9.89. The first-order valence-corrected chi connectivity index (χ1v) is 5.86. The Morgan fingerprint density at radius 2 is 1.93 bits per heavy atom. The zero-order chi connectivity index (χ0) is 10.2. The Labute approximate surface area is 87.6 Å². The minimum Gasteiger partial charge on any atom is -0.378 e. The molecule has 0 aromatic rings. The molecule has 0 heterocycles. The molecule has 0 aliphatic heterocycles. The van der Waals surface area contributed by atoms with E-state index in [9.17, 15) is 0 Å². The standard InChI is InChI=1S/C11H24N2O/c1-3-14-11-8-10(9-11)13-7-5-4-6-12-2/h10-13H,3-9H2,1-2H3. The molecule has 0 bridgehead atoms. The fourth-order valence-corrected chi connectivity index (χ4v) is 1.84. The van der Waals surface area contributed by atoms with Crippen LogP contribution in [0.5, 0.6) is 0 Å². The van der Waals surface area contributed by atoms with Crippen molar-refractivity contribution in [3.63, 3.8) is 0 Å². The molecule has 1 aliphatic rings. The van der Waals surface area contributed by atoms with Crippen LogP contribution in [0.2, 0.25) is 0 Å². The molecule has 1 aliphatic carbocycles. The summed E-state index contributed by atoms with van der Waals surface area (Å²) in [4.78, 5) is 0.